The van der Waals surface area contributed by atoms with E-state index in [1.165, 1.54) is 25.3 Å². The first-order valence-corrected chi connectivity index (χ1v) is 7.87. The molecule has 0 aliphatic rings. The molecule has 0 amide bonds. The van der Waals surface area contributed by atoms with Crippen LogP contribution in [0.1, 0.15) is 5.56 Å². The number of aliphatic hydroxyl groups is 1. The molecule has 0 saturated heterocycles. The van der Waals surface area contributed by atoms with Crippen LogP contribution in [0.3, 0.4) is 0 Å². The fourth-order valence-corrected chi connectivity index (χ4v) is 3.84. The molecule has 1 rings (SSSR count). The van der Waals surface area contributed by atoms with Crippen LogP contribution < -0.4 is 0 Å². The number of carboxylic acids is 1. The molecule has 6 nitrogen and oxygen atoms in total. The van der Waals surface area contributed by atoms with Crippen LogP contribution in [0.4, 0.5) is 0 Å². The third-order valence-electron chi connectivity index (χ3n) is 2.52. The highest BCUT2D eigenvalue weighted by atomic mass is 35.5. The second-order valence-corrected chi connectivity index (χ2v) is 6.83. The third kappa shape index (κ3) is 4.42. The first-order chi connectivity index (χ1) is 9.70. The van der Waals surface area contributed by atoms with Crippen molar-refractivity contribution in [3.8, 4) is 0 Å². The Morgan fingerprint density at radius 3 is 2.29 bits per heavy atom. The number of halogens is 2. The number of hydrogen-bond donors (Lipinski definition) is 2. The number of nitrogens with zero attached hydrogens (tertiary/aromatic N) is 1. The Balaban J connectivity index is 3.31. The molecule has 0 fully saturated rings. The monoisotopic (exact) mass is 353 g/mol. The van der Waals surface area contributed by atoms with Crippen molar-refractivity contribution in [2.24, 2.45) is 0 Å². The fourth-order valence-electron chi connectivity index (χ4n) is 1.51. The van der Waals surface area contributed by atoms with Gasteiger partial charge in [0.2, 0.25) is 10.0 Å². The van der Waals surface area contributed by atoms with Crippen LogP contribution in [-0.2, 0) is 14.8 Å². The van der Waals surface area contributed by atoms with Crippen LogP contribution in [0.25, 0.3) is 6.08 Å². The summed E-state index contributed by atoms with van der Waals surface area (Å²) in [4.78, 5) is 10.2. The number of aliphatic carboxylic acids is 1. The van der Waals surface area contributed by atoms with Crippen molar-refractivity contribution in [1.82, 2.24) is 4.31 Å². The zero-order valence-electron chi connectivity index (χ0n) is 11.0. The molecule has 0 aromatic heterocycles. The summed E-state index contributed by atoms with van der Waals surface area (Å²) in [7, 11) is -2.65. The van der Waals surface area contributed by atoms with Crippen molar-refractivity contribution in [2.75, 3.05) is 20.2 Å². The molecule has 9 heteroatoms. The first kappa shape index (κ1) is 17.9. The Labute approximate surface area is 132 Å². The van der Waals surface area contributed by atoms with Gasteiger partial charge in [-0.1, -0.05) is 23.2 Å². The topological polar surface area (TPSA) is 94.9 Å². The first-order valence-electron chi connectivity index (χ1n) is 5.67. The molecule has 0 atom stereocenters. The van der Waals surface area contributed by atoms with E-state index in [1.54, 1.807) is 0 Å². The van der Waals surface area contributed by atoms with Gasteiger partial charge in [0.05, 0.1) is 16.7 Å². The lowest BCUT2D eigenvalue weighted by molar-refractivity contribution is -0.131. The summed E-state index contributed by atoms with van der Waals surface area (Å²) >= 11 is 11.9. The van der Waals surface area contributed by atoms with Crippen molar-refractivity contribution in [3.05, 3.63) is 33.8 Å². The molecule has 116 valence electrons. The van der Waals surface area contributed by atoms with Gasteiger partial charge in [0.15, 0.2) is 0 Å². The summed E-state index contributed by atoms with van der Waals surface area (Å²) in [6.45, 7) is -0.444. The molecule has 0 saturated carbocycles. The fraction of sp³-hybridized carbons (Fsp3) is 0.250. The quantitative estimate of drug-likeness (QED) is 0.759. The zero-order valence-corrected chi connectivity index (χ0v) is 13.3. The Bertz CT molecular complexity index is 649. The van der Waals surface area contributed by atoms with Crippen LogP contribution in [-0.4, -0.2) is 49.1 Å². The molecule has 0 aliphatic heterocycles. The van der Waals surface area contributed by atoms with Crippen LogP contribution in [0.5, 0.6) is 0 Å². The van der Waals surface area contributed by atoms with E-state index in [0.717, 1.165) is 10.4 Å². The SMILES string of the molecule is CN(CCO)S(=O)(=O)c1c(Cl)cc(C=CC(=O)O)cc1Cl. The number of likely N-dealkylation sites (N-methyl/N-ethyl adjacent to an activating group) is 1. The number of carboxylic acid groups (broad SMARTS) is 1. The van der Waals surface area contributed by atoms with Crippen molar-refractivity contribution < 1.29 is 23.4 Å². The van der Waals surface area contributed by atoms with Crippen molar-refractivity contribution >= 4 is 45.3 Å². The number of benzene rings is 1. The molecule has 0 unspecified atom stereocenters. The molecule has 2 N–H and O–H groups in total. The van der Waals surface area contributed by atoms with Crippen molar-refractivity contribution in [3.63, 3.8) is 0 Å². The van der Waals surface area contributed by atoms with Crippen LogP contribution in [0.2, 0.25) is 10.0 Å². The molecule has 1 aromatic rings. The van der Waals surface area contributed by atoms with Gasteiger partial charge in [0.25, 0.3) is 0 Å². The van der Waals surface area contributed by atoms with E-state index in [-0.39, 0.29) is 28.1 Å². The van der Waals surface area contributed by atoms with Crippen LogP contribution in [0, 0.1) is 0 Å². The van der Waals surface area contributed by atoms with E-state index in [2.05, 4.69) is 0 Å². The number of aliphatic hydroxyl groups excluding tert-OH is 1. The van der Waals surface area contributed by atoms with Gasteiger partial charge in [-0.25, -0.2) is 13.2 Å². The molecular weight excluding hydrogens is 341 g/mol. The van der Waals surface area contributed by atoms with Gasteiger partial charge < -0.3 is 10.2 Å². The van der Waals surface area contributed by atoms with E-state index in [1.807, 2.05) is 0 Å². The summed E-state index contributed by atoms with van der Waals surface area (Å²) in [6, 6.07) is 2.60. The smallest absolute Gasteiger partial charge is 0.328 e. The Hall–Kier alpha value is -1.12. The minimum absolute atomic E-state index is 0.102. The van der Waals surface area contributed by atoms with Gasteiger partial charge >= 0.3 is 5.97 Å². The van der Waals surface area contributed by atoms with Crippen molar-refractivity contribution in [1.29, 1.82) is 0 Å². The second kappa shape index (κ2) is 7.24. The maximum absolute atomic E-state index is 12.3. The van der Waals surface area contributed by atoms with E-state index in [9.17, 15) is 13.2 Å². The predicted octanol–water partition coefficient (Wildman–Crippen LogP) is 1.70. The lowest BCUT2D eigenvalue weighted by Crippen LogP contribution is -2.30. The molecule has 0 heterocycles. The van der Waals surface area contributed by atoms with E-state index >= 15 is 0 Å². The number of hydrogen-bond acceptors (Lipinski definition) is 4. The molecule has 1 aromatic carbocycles. The van der Waals surface area contributed by atoms with Gasteiger partial charge in [0.1, 0.15) is 4.90 Å². The number of carbonyl (C=O) groups is 1. The number of sulfonamides is 1. The molecular formula is C12H13Cl2NO5S. The molecule has 0 aliphatic carbocycles. The Morgan fingerprint density at radius 2 is 1.86 bits per heavy atom. The highest BCUT2D eigenvalue weighted by Gasteiger charge is 2.26. The standard InChI is InChI=1S/C12H13Cl2NO5S/c1-15(4-5-16)21(19,20)12-9(13)6-8(7-10(12)14)2-3-11(17)18/h2-3,6-7,16H,4-5H2,1H3,(H,17,18). The van der Waals surface area contributed by atoms with Gasteiger partial charge in [-0.2, -0.15) is 4.31 Å². The lowest BCUT2D eigenvalue weighted by Gasteiger charge is -2.18. The minimum atomic E-state index is -3.94. The predicted molar refractivity (Wildman–Crippen MR) is 80.0 cm³/mol. The van der Waals surface area contributed by atoms with Gasteiger partial charge in [-0.05, 0) is 23.8 Å². The van der Waals surface area contributed by atoms with E-state index < -0.39 is 16.0 Å². The van der Waals surface area contributed by atoms with Crippen molar-refractivity contribution in [2.45, 2.75) is 4.90 Å². The highest BCUT2D eigenvalue weighted by Crippen LogP contribution is 2.33. The molecule has 0 radical (unpaired) electrons. The summed E-state index contributed by atoms with van der Waals surface area (Å²) in [5.41, 5.74) is 0.358. The Kier molecular flexibility index (Phi) is 6.18. The normalized spacial score (nSPS) is 12.2. The summed E-state index contributed by atoms with van der Waals surface area (Å²) in [5.74, 6) is -1.15. The van der Waals surface area contributed by atoms with Gasteiger partial charge in [-0.3, -0.25) is 0 Å². The molecule has 21 heavy (non-hydrogen) atoms. The molecule has 0 spiro atoms. The summed E-state index contributed by atoms with van der Waals surface area (Å²) < 4.78 is 25.5. The van der Waals surface area contributed by atoms with E-state index in [4.69, 9.17) is 33.4 Å². The molecule has 0 bridgehead atoms. The minimum Gasteiger partial charge on any atom is -0.478 e. The van der Waals surface area contributed by atoms with Crippen LogP contribution in [0.15, 0.2) is 23.1 Å². The summed E-state index contributed by atoms with van der Waals surface area (Å²) in [6.07, 6.45) is 2.13. The van der Waals surface area contributed by atoms with E-state index in [0.29, 0.717) is 5.56 Å². The lowest BCUT2D eigenvalue weighted by atomic mass is 10.2. The summed E-state index contributed by atoms with van der Waals surface area (Å²) in [5, 5.41) is 17.1. The van der Waals surface area contributed by atoms with Gasteiger partial charge in [0, 0.05) is 19.7 Å². The third-order valence-corrected chi connectivity index (χ3v) is 5.30. The zero-order chi connectivity index (χ0) is 16.2. The highest BCUT2D eigenvalue weighted by molar-refractivity contribution is 7.89. The second-order valence-electron chi connectivity index (χ2n) is 4.04. The maximum Gasteiger partial charge on any atom is 0.328 e. The number of rotatable bonds is 6. The van der Waals surface area contributed by atoms with Gasteiger partial charge in [-0.15, -0.1) is 0 Å². The van der Waals surface area contributed by atoms with Crippen LogP contribution >= 0.6 is 23.2 Å². The average molecular weight is 354 g/mol. The Morgan fingerprint density at radius 1 is 1.33 bits per heavy atom. The average Bonchev–Trinajstić information content (AvgIpc) is 2.35. The maximum atomic E-state index is 12.3. The largest absolute Gasteiger partial charge is 0.478 e.